The van der Waals surface area contributed by atoms with Crippen molar-refractivity contribution in [3.05, 3.63) is 29.8 Å². The number of hydrogen-bond donors (Lipinski definition) is 8. The summed E-state index contributed by atoms with van der Waals surface area (Å²) >= 11 is 1.22. The van der Waals surface area contributed by atoms with E-state index in [9.17, 15) is 29.4 Å². The van der Waals surface area contributed by atoms with Crippen molar-refractivity contribution < 1.29 is 34.5 Å². The standard InChI is InChI=1S/C22H33N5O7S/c1-22(2)16(21(33)34)27-19(35-22)15(18(30)25-10-4-3-5-13(23)20(31)32)26-17(29)14(24)11-6-8-12(28)9-7-11/h6-9,13-16,19,27-28H,3-5,10,23-24H2,1-2H3,(H,25,30)(H,26,29)(H,31,32)(H,33,34)/t13-,14+,15+,16-,19+/m0/s1. The van der Waals surface area contributed by atoms with Gasteiger partial charge in [-0.25, -0.2) is 0 Å². The third-order valence-corrected chi connectivity index (χ3v) is 7.19. The molecule has 2 amide bonds. The number of rotatable bonds is 12. The molecule has 1 aromatic carbocycles. The fraction of sp³-hybridized carbons (Fsp3) is 0.545. The van der Waals surface area contributed by atoms with E-state index in [1.54, 1.807) is 13.8 Å². The lowest BCUT2D eigenvalue weighted by atomic mass is 10.0. The number of aromatic hydroxyl groups is 1. The van der Waals surface area contributed by atoms with Crippen LogP contribution in [0.15, 0.2) is 24.3 Å². The minimum absolute atomic E-state index is 0.0106. The van der Waals surface area contributed by atoms with Gasteiger partial charge in [-0.15, -0.1) is 11.8 Å². The largest absolute Gasteiger partial charge is 0.508 e. The fourth-order valence-electron chi connectivity index (χ4n) is 3.62. The molecule has 0 aromatic heterocycles. The lowest BCUT2D eigenvalue weighted by molar-refractivity contribution is -0.140. The zero-order valence-electron chi connectivity index (χ0n) is 19.6. The first kappa shape index (κ1) is 28.4. The van der Waals surface area contributed by atoms with E-state index < -0.39 is 58.0 Å². The molecule has 0 bridgehead atoms. The van der Waals surface area contributed by atoms with Crippen molar-refractivity contribution in [2.24, 2.45) is 11.5 Å². The fourth-order valence-corrected chi connectivity index (χ4v) is 5.11. The Hall–Kier alpha value is -2.87. The van der Waals surface area contributed by atoms with Crippen molar-refractivity contribution in [1.29, 1.82) is 0 Å². The van der Waals surface area contributed by atoms with Crippen LogP contribution in [-0.4, -0.2) is 73.9 Å². The minimum Gasteiger partial charge on any atom is -0.508 e. The van der Waals surface area contributed by atoms with E-state index in [4.69, 9.17) is 16.6 Å². The van der Waals surface area contributed by atoms with E-state index in [0.717, 1.165) is 0 Å². The van der Waals surface area contributed by atoms with Crippen molar-refractivity contribution in [3.63, 3.8) is 0 Å². The quantitative estimate of drug-likeness (QED) is 0.167. The van der Waals surface area contributed by atoms with Crippen LogP contribution in [0.25, 0.3) is 0 Å². The molecule has 0 aliphatic carbocycles. The first-order valence-corrected chi connectivity index (χ1v) is 12.0. The molecule has 1 aromatic rings. The summed E-state index contributed by atoms with van der Waals surface area (Å²) in [5, 5.41) is 35.3. The van der Waals surface area contributed by atoms with Gasteiger partial charge < -0.3 is 37.4 Å². The van der Waals surface area contributed by atoms with Crippen LogP contribution in [0, 0.1) is 0 Å². The molecule has 12 nitrogen and oxygen atoms in total. The predicted octanol–water partition coefficient (Wildman–Crippen LogP) is -0.530. The molecule has 0 spiro atoms. The summed E-state index contributed by atoms with van der Waals surface area (Å²) in [5.41, 5.74) is 11.9. The number of carboxylic acid groups (broad SMARTS) is 2. The van der Waals surface area contributed by atoms with Gasteiger partial charge in [0.15, 0.2) is 0 Å². The van der Waals surface area contributed by atoms with E-state index >= 15 is 0 Å². The smallest absolute Gasteiger partial charge is 0.322 e. The number of carbonyl (C=O) groups excluding carboxylic acids is 2. The van der Waals surface area contributed by atoms with Gasteiger partial charge in [0, 0.05) is 11.3 Å². The van der Waals surface area contributed by atoms with Crippen LogP contribution in [-0.2, 0) is 19.2 Å². The normalized spacial score (nSPS) is 21.5. The molecule has 0 radical (unpaired) electrons. The van der Waals surface area contributed by atoms with Crippen LogP contribution < -0.4 is 27.4 Å². The molecule has 1 fully saturated rings. The first-order chi connectivity index (χ1) is 16.3. The molecule has 1 aliphatic rings. The second kappa shape index (κ2) is 12.2. The number of phenols is 1. The average Bonchev–Trinajstić information content (AvgIpc) is 3.11. The number of nitrogens with one attached hydrogen (secondary N) is 3. The van der Waals surface area contributed by atoms with E-state index in [0.29, 0.717) is 18.4 Å². The van der Waals surface area contributed by atoms with Gasteiger partial charge in [-0.3, -0.25) is 24.5 Å². The van der Waals surface area contributed by atoms with Gasteiger partial charge in [-0.05, 0) is 50.8 Å². The summed E-state index contributed by atoms with van der Waals surface area (Å²) in [7, 11) is 0. The van der Waals surface area contributed by atoms with Crippen molar-refractivity contribution in [1.82, 2.24) is 16.0 Å². The maximum Gasteiger partial charge on any atom is 0.322 e. The molecule has 13 heteroatoms. The van der Waals surface area contributed by atoms with Crippen LogP contribution in [0.1, 0.15) is 44.7 Å². The Morgan fingerprint density at radius 3 is 2.26 bits per heavy atom. The van der Waals surface area contributed by atoms with Gasteiger partial charge in [0.25, 0.3) is 0 Å². The molecule has 1 aliphatic heterocycles. The summed E-state index contributed by atoms with van der Waals surface area (Å²) in [4.78, 5) is 48.4. The van der Waals surface area contributed by atoms with Crippen LogP contribution in [0.3, 0.4) is 0 Å². The SMILES string of the molecule is CC1(C)S[C@H]([C@H](NC(=O)[C@H](N)c2ccc(O)cc2)C(=O)NCCCC[C@H](N)C(=O)O)N[C@H]1C(=O)O. The lowest BCUT2D eigenvalue weighted by Crippen LogP contribution is -2.58. The predicted molar refractivity (Wildman–Crippen MR) is 129 cm³/mol. The molecular weight excluding hydrogens is 478 g/mol. The number of carbonyl (C=O) groups is 4. The minimum atomic E-state index is -1.14. The summed E-state index contributed by atoms with van der Waals surface area (Å²) in [6.45, 7) is 3.67. The molecule has 194 valence electrons. The monoisotopic (exact) mass is 511 g/mol. The topological polar surface area (TPSA) is 217 Å². The van der Waals surface area contributed by atoms with E-state index in [2.05, 4.69) is 16.0 Å². The van der Waals surface area contributed by atoms with Gasteiger partial charge in [0.1, 0.15) is 29.9 Å². The number of thioether (sulfide) groups is 1. The second-order valence-corrected chi connectivity index (χ2v) is 10.7. The van der Waals surface area contributed by atoms with Crippen molar-refractivity contribution in [3.8, 4) is 5.75 Å². The summed E-state index contributed by atoms with van der Waals surface area (Å²) < 4.78 is -0.758. The number of carboxylic acids is 2. The highest BCUT2D eigenvalue weighted by atomic mass is 32.2. The molecular formula is C22H33N5O7S. The third kappa shape index (κ3) is 7.82. The Kier molecular flexibility index (Phi) is 9.89. The van der Waals surface area contributed by atoms with Gasteiger partial charge in [-0.1, -0.05) is 12.1 Å². The van der Waals surface area contributed by atoms with Crippen molar-refractivity contribution >= 4 is 35.5 Å². The molecule has 0 saturated carbocycles. The highest BCUT2D eigenvalue weighted by molar-refractivity contribution is 8.01. The van der Waals surface area contributed by atoms with Crippen LogP contribution >= 0.6 is 11.8 Å². The van der Waals surface area contributed by atoms with E-state index in [-0.39, 0.29) is 18.7 Å². The van der Waals surface area contributed by atoms with Crippen molar-refractivity contribution in [2.75, 3.05) is 6.54 Å². The zero-order valence-corrected chi connectivity index (χ0v) is 20.4. The second-order valence-electron chi connectivity index (χ2n) is 8.87. The molecule has 1 heterocycles. The van der Waals surface area contributed by atoms with Gasteiger partial charge >= 0.3 is 11.9 Å². The van der Waals surface area contributed by atoms with Crippen LogP contribution in [0.2, 0.25) is 0 Å². The molecule has 10 N–H and O–H groups in total. The van der Waals surface area contributed by atoms with Gasteiger partial charge in [0.2, 0.25) is 11.8 Å². The van der Waals surface area contributed by atoms with Crippen LogP contribution in [0.4, 0.5) is 0 Å². The highest BCUT2D eigenvalue weighted by Gasteiger charge is 2.49. The van der Waals surface area contributed by atoms with Crippen molar-refractivity contribution in [2.45, 2.75) is 67.4 Å². The summed E-state index contributed by atoms with van der Waals surface area (Å²) in [6.07, 6.45) is 1.19. The molecule has 2 rings (SSSR count). The van der Waals surface area contributed by atoms with Gasteiger partial charge in [-0.2, -0.15) is 0 Å². The number of hydrogen-bond acceptors (Lipinski definition) is 9. The molecule has 0 unspecified atom stereocenters. The summed E-state index contributed by atoms with van der Waals surface area (Å²) in [6, 6.07) is 1.56. The van der Waals surface area contributed by atoms with E-state index in [1.165, 1.54) is 36.0 Å². The molecule has 1 saturated heterocycles. The number of phenolic OH excluding ortho intramolecular Hbond substituents is 1. The average molecular weight is 512 g/mol. The molecule has 5 atom stereocenters. The third-order valence-electron chi connectivity index (χ3n) is 5.68. The Bertz CT molecular complexity index is 927. The van der Waals surface area contributed by atoms with Crippen LogP contribution in [0.5, 0.6) is 5.75 Å². The number of nitrogens with two attached hydrogens (primary N) is 2. The first-order valence-electron chi connectivity index (χ1n) is 11.1. The molecule has 35 heavy (non-hydrogen) atoms. The van der Waals surface area contributed by atoms with Gasteiger partial charge in [0.05, 0.1) is 5.37 Å². The Morgan fingerprint density at radius 2 is 1.71 bits per heavy atom. The number of benzene rings is 1. The Balaban J connectivity index is 2.09. The Labute approximate surface area is 207 Å². The maximum atomic E-state index is 13.0. The number of aliphatic carboxylic acids is 2. The highest BCUT2D eigenvalue weighted by Crippen LogP contribution is 2.39. The number of unbranched alkanes of at least 4 members (excludes halogenated alkanes) is 1. The summed E-state index contributed by atoms with van der Waals surface area (Å²) in [5.74, 6) is -3.35. The maximum absolute atomic E-state index is 13.0. The lowest BCUT2D eigenvalue weighted by Gasteiger charge is -2.26. The zero-order chi connectivity index (χ0) is 26.3. The Morgan fingerprint density at radius 1 is 1.09 bits per heavy atom. The number of amides is 2. The van der Waals surface area contributed by atoms with E-state index in [1.807, 2.05) is 0 Å².